The van der Waals surface area contributed by atoms with Crippen LogP contribution in [-0.4, -0.2) is 26.8 Å². The van der Waals surface area contributed by atoms with Crippen molar-refractivity contribution in [1.29, 1.82) is 0 Å². The predicted octanol–water partition coefficient (Wildman–Crippen LogP) is 3.72. The molecule has 0 aliphatic heterocycles. The Hall–Kier alpha value is -1.50. The quantitative estimate of drug-likeness (QED) is 0.849. The highest BCUT2D eigenvalue weighted by molar-refractivity contribution is 7.98. The molecule has 2 rings (SSSR count). The number of amides is 1. The minimum Gasteiger partial charge on any atom is -0.322 e. The molecular formula is C15H14ClNO3S2. The predicted molar refractivity (Wildman–Crippen MR) is 90.7 cm³/mol. The lowest BCUT2D eigenvalue weighted by molar-refractivity contribution is 0.102. The fourth-order valence-electron chi connectivity index (χ4n) is 1.83. The summed E-state index contributed by atoms with van der Waals surface area (Å²) >= 11 is 7.44. The number of thioether (sulfide) groups is 1. The number of carbonyl (C=O) groups excluding carboxylic acids is 1. The van der Waals surface area contributed by atoms with Gasteiger partial charge in [-0.25, -0.2) is 8.42 Å². The molecule has 0 aromatic heterocycles. The number of nitrogens with one attached hydrogen (secondary N) is 1. The third kappa shape index (κ3) is 4.03. The summed E-state index contributed by atoms with van der Waals surface area (Å²) in [6.07, 6.45) is 3.00. The average Bonchev–Trinajstić information content (AvgIpc) is 2.46. The maximum Gasteiger partial charge on any atom is 0.255 e. The zero-order valence-corrected chi connectivity index (χ0v) is 14.3. The lowest BCUT2D eigenvalue weighted by Crippen LogP contribution is -2.13. The topological polar surface area (TPSA) is 63.2 Å². The van der Waals surface area contributed by atoms with Gasteiger partial charge in [-0.1, -0.05) is 17.7 Å². The molecule has 7 heteroatoms. The molecule has 2 aromatic rings. The maximum atomic E-state index is 12.2. The Balaban J connectivity index is 2.30. The van der Waals surface area contributed by atoms with Crippen molar-refractivity contribution in [3.8, 4) is 0 Å². The number of anilines is 1. The smallest absolute Gasteiger partial charge is 0.255 e. The molecule has 0 saturated carbocycles. The third-order valence-corrected chi connectivity index (χ3v) is 5.22. The van der Waals surface area contributed by atoms with Crippen molar-refractivity contribution >= 4 is 44.8 Å². The third-order valence-electron chi connectivity index (χ3n) is 2.92. The van der Waals surface area contributed by atoms with Gasteiger partial charge in [0.05, 0.1) is 9.92 Å². The molecule has 0 bridgehead atoms. The molecule has 1 amide bonds. The van der Waals surface area contributed by atoms with E-state index in [1.54, 1.807) is 17.8 Å². The van der Waals surface area contributed by atoms with Crippen LogP contribution in [0.25, 0.3) is 0 Å². The van der Waals surface area contributed by atoms with E-state index in [1.165, 1.54) is 18.2 Å². The van der Waals surface area contributed by atoms with Crippen molar-refractivity contribution in [2.24, 2.45) is 0 Å². The number of benzene rings is 2. The van der Waals surface area contributed by atoms with Crippen LogP contribution >= 0.6 is 23.4 Å². The molecule has 0 spiro atoms. The molecule has 2 aromatic carbocycles. The van der Waals surface area contributed by atoms with Gasteiger partial charge in [0.1, 0.15) is 0 Å². The van der Waals surface area contributed by atoms with Crippen molar-refractivity contribution in [3.63, 3.8) is 0 Å². The summed E-state index contributed by atoms with van der Waals surface area (Å²) in [5, 5.41) is 2.84. The molecular weight excluding hydrogens is 342 g/mol. The van der Waals surface area contributed by atoms with E-state index in [9.17, 15) is 13.2 Å². The molecule has 0 saturated heterocycles. The van der Waals surface area contributed by atoms with E-state index < -0.39 is 9.84 Å². The van der Waals surface area contributed by atoms with E-state index in [4.69, 9.17) is 11.6 Å². The van der Waals surface area contributed by atoms with Crippen LogP contribution in [-0.2, 0) is 9.84 Å². The van der Waals surface area contributed by atoms with Gasteiger partial charge in [0.25, 0.3) is 5.91 Å². The number of halogens is 1. The van der Waals surface area contributed by atoms with Gasteiger partial charge in [-0.3, -0.25) is 4.79 Å². The number of rotatable bonds is 4. The van der Waals surface area contributed by atoms with Crippen molar-refractivity contribution in [2.45, 2.75) is 9.79 Å². The van der Waals surface area contributed by atoms with Crippen molar-refractivity contribution < 1.29 is 13.2 Å². The largest absolute Gasteiger partial charge is 0.322 e. The summed E-state index contributed by atoms with van der Waals surface area (Å²) < 4.78 is 23.3. The Kier molecular flexibility index (Phi) is 5.16. The number of hydrogen-bond acceptors (Lipinski definition) is 4. The summed E-state index contributed by atoms with van der Waals surface area (Å²) in [6, 6.07) is 11.6. The van der Waals surface area contributed by atoms with Gasteiger partial charge in [0.2, 0.25) is 0 Å². The SMILES string of the molecule is CSc1cccc(NC(=O)c2ccc(Cl)c(S(C)(=O)=O)c2)c1. The first-order chi connectivity index (χ1) is 10.3. The van der Waals surface area contributed by atoms with Crippen LogP contribution in [0.2, 0.25) is 5.02 Å². The highest BCUT2D eigenvalue weighted by atomic mass is 35.5. The van der Waals surface area contributed by atoms with E-state index in [-0.39, 0.29) is 21.4 Å². The average molecular weight is 356 g/mol. The molecule has 1 N–H and O–H groups in total. The molecule has 0 radical (unpaired) electrons. The molecule has 0 atom stereocenters. The van der Waals surface area contributed by atoms with Crippen molar-refractivity contribution in [1.82, 2.24) is 0 Å². The summed E-state index contributed by atoms with van der Waals surface area (Å²) in [5.41, 5.74) is 0.882. The Labute approximate surface area is 138 Å². The van der Waals surface area contributed by atoms with E-state index in [2.05, 4.69) is 5.32 Å². The number of carbonyl (C=O) groups is 1. The molecule has 0 heterocycles. The second kappa shape index (κ2) is 6.73. The molecule has 0 aliphatic rings. The molecule has 0 unspecified atom stereocenters. The fraction of sp³-hybridized carbons (Fsp3) is 0.133. The molecule has 22 heavy (non-hydrogen) atoms. The molecule has 0 aliphatic carbocycles. The van der Waals surface area contributed by atoms with Crippen LogP contribution in [0.1, 0.15) is 10.4 Å². The minimum absolute atomic E-state index is 0.0559. The van der Waals surface area contributed by atoms with Crippen LogP contribution in [0.4, 0.5) is 5.69 Å². The van der Waals surface area contributed by atoms with Gasteiger partial charge < -0.3 is 5.32 Å². The Morgan fingerprint density at radius 1 is 1.18 bits per heavy atom. The van der Waals surface area contributed by atoms with Crippen LogP contribution in [0.3, 0.4) is 0 Å². The maximum absolute atomic E-state index is 12.2. The van der Waals surface area contributed by atoms with Gasteiger partial charge in [-0.15, -0.1) is 11.8 Å². The first-order valence-electron chi connectivity index (χ1n) is 6.26. The summed E-state index contributed by atoms with van der Waals surface area (Å²) in [4.78, 5) is 13.2. The normalized spacial score (nSPS) is 11.2. The van der Waals surface area contributed by atoms with Gasteiger partial charge in [0, 0.05) is 22.4 Å². The number of sulfone groups is 1. The van der Waals surface area contributed by atoms with E-state index in [0.29, 0.717) is 5.69 Å². The summed E-state index contributed by atoms with van der Waals surface area (Å²) in [7, 11) is -3.49. The second-order valence-corrected chi connectivity index (χ2v) is 7.87. The highest BCUT2D eigenvalue weighted by Crippen LogP contribution is 2.24. The summed E-state index contributed by atoms with van der Waals surface area (Å²) in [6.45, 7) is 0. The van der Waals surface area contributed by atoms with Crippen LogP contribution in [0.15, 0.2) is 52.3 Å². The van der Waals surface area contributed by atoms with E-state index >= 15 is 0 Å². The number of hydrogen-bond donors (Lipinski definition) is 1. The van der Waals surface area contributed by atoms with E-state index in [0.717, 1.165) is 11.2 Å². The monoisotopic (exact) mass is 355 g/mol. The lowest BCUT2D eigenvalue weighted by Gasteiger charge is -2.08. The zero-order chi connectivity index (χ0) is 16.3. The van der Waals surface area contributed by atoms with Crippen LogP contribution in [0.5, 0.6) is 0 Å². The van der Waals surface area contributed by atoms with Crippen LogP contribution in [0, 0.1) is 0 Å². The van der Waals surface area contributed by atoms with Crippen LogP contribution < -0.4 is 5.32 Å². The highest BCUT2D eigenvalue weighted by Gasteiger charge is 2.16. The summed E-state index contributed by atoms with van der Waals surface area (Å²) in [5.74, 6) is -0.389. The molecule has 4 nitrogen and oxygen atoms in total. The van der Waals surface area contributed by atoms with Gasteiger partial charge in [0.15, 0.2) is 9.84 Å². The Bertz CT molecular complexity index is 819. The van der Waals surface area contributed by atoms with E-state index in [1.807, 2.05) is 24.5 Å². The second-order valence-electron chi connectivity index (χ2n) is 4.60. The van der Waals surface area contributed by atoms with Gasteiger partial charge >= 0.3 is 0 Å². The Morgan fingerprint density at radius 3 is 2.55 bits per heavy atom. The van der Waals surface area contributed by atoms with Gasteiger partial charge in [-0.05, 0) is 42.7 Å². The minimum atomic E-state index is -3.49. The van der Waals surface area contributed by atoms with Gasteiger partial charge in [-0.2, -0.15) is 0 Å². The lowest BCUT2D eigenvalue weighted by atomic mass is 10.2. The fourth-order valence-corrected chi connectivity index (χ4v) is 3.59. The standard InChI is InChI=1S/C15H14ClNO3S2/c1-21-12-5-3-4-11(9-12)17-15(18)10-6-7-13(16)14(8-10)22(2,19)20/h3-9H,1-2H3,(H,17,18). The van der Waals surface area contributed by atoms with Crippen molar-refractivity contribution in [3.05, 3.63) is 53.1 Å². The zero-order valence-electron chi connectivity index (χ0n) is 12.0. The van der Waals surface area contributed by atoms with Crippen molar-refractivity contribution in [2.75, 3.05) is 17.8 Å². The molecule has 0 fully saturated rings. The first kappa shape index (κ1) is 16.9. The Morgan fingerprint density at radius 2 is 1.91 bits per heavy atom. The first-order valence-corrected chi connectivity index (χ1v) is 9.75. The molecule has 116 valence electrons.